The van der Waals surface area contributed by atoms with Crippen molar-refractivity contribution < 1.29 is 28.5 Å². The first-order chi connectivity index (χ1) is 15.2. The van der Waals surface area contributed by atoms with Crippen LogP contribution in [0, 0.1) is 0 Å². The van der Waals surface area contributed by atoms with E-state index in [0.717, 1.165) is 17.7 Å². The minimum atomic E-state index is -3.89. The number of aliphatic hydroxyl groups is 1. The van der Waals surface area contributed by atoms with Gasteiger partial charge in [0.05, 0.1) is 21.5 Å². The first-order valence-electron chi connectivity index (χ1n) is 9.83. The summed E-state index contributed by atoms with van der Waals surface area (Å²) in [6.07, 6.45) is -0.150. The zero-order valence-corrected chi connectivity index (χ0v) is 17.9. The van der Waals surface area contributed by atoms with Crippen molar-refractivity contribution in [3.05, 3.63) is 83.4 Å². The molecule has 0 saturated carbocycles. The van der Waals surface area contributed by atoms with Crippen molar-refractivity contribution in [1.82, 2.24) is 5.32 Å². The van der Waals surface area contributed by atoms with Gasteiger partial charge in [-0.25, -0.2) is 8.42 Å². The van der Waals surface area contributed by atoms with Gasteiger partial charge in [-0.05, 0) is 66.6 Å². The highest BCUT2D eigenvalue weighted by atomic mass is 32.2. The minimum Gasteiger partial charge on any atom is -0.508 e. The predicted molar refractivity (Wildman–Crippen MR) is 118 cm³/mol. The predicted octanol–water partition coefficient (Wildman–Crippen LogP) is 1.90. The molecule has 3 aromatic rings. The topological polar surface area (TPSA) is 150 Å². The maximum Gasteiger partial charge on any atom is 0.252 e. The maximum atomic E-state index is 12.8. The molecule has 0 aliphatic heterocycles. The van der Waals surface area contributed by atoms with Crippen LogP contribution in [0.3, 0.4) is 0 Å². The van der Waals surface area contributed by atoms with Crippen molar-refractivity contribution in [2.75, 3.05) is 13.1 Å². The quantitative estimate of drug-likeness (QED) is 0.309. The summed E-state index contributed by atoms with van der Waals surface area (Å²) >= 11 is 0. The fourth-order valence-electron chi connectivity index (χ4n) is 3.17. The third-order valence-corrected chi connectivity index (χ3v) is 6.73. The summed E-state index contributed by atoms with van der Waals surface area (Å²) in [4.78, 5) is 11.3. The van der Waals surface area contributed by atoms with Gasteiger partial charge in [0.25, 0.3) is 5.91 Å². The maximum absolute atomic E-state index is 12.8. The van der Waals surface area contributed by atoms with E-state index in [0.29, 0.717) is 25.1 Å². The van der Waals surface area contributed by atoms with Crippen molar-refractivity contribution in [2.45, 2.75) is 22.3 Å². The molecule has 0 heterocycles. The average molecular weight is 457 g/mol. The van der Waals surface area contributed by atoms with Gasteiger partial charge in [-0.3, -0.25) is 4.79 Å². The fraction of sp³-hybridized carbons (Fsp3) is 0.174. The van der Waals surface area contributed by atoms with Crippen LogP contribution >= 0.6 is 0 Å². The van der Waals surface area contributed by atoms with Crippen LogP contribution in [0.25, 0.3) is 0 Å². The highest BCUT2D eigenvalue weighted by Gasteiger charge is 2.20. The van der Waals surface area contributed by atoms with E-state index >= 15 is 0 Å². The second kappa shape index (κ2) is 9.82. The Hall–Kier alpha value is -3.40. The molecule has 1 atom stereocenters. The molecule has 8 nitrogen and oxygen atoms in total. The summed E-state index contributed by atoms with van der Waals surface area (Å²) in [5, 5.41) is 32.4. The van der Waals surface area contributed by atoms with Gasteiger partial charge in [0.2, 0.25) is 9.84 Å². The Kier molecular flexibility index (Phi) is 7.14. The van der Waals surface area contributed by atoms with Gasteiger partial charge in [-0.2, -0.15) is 0 Å². The molecule has 0 radical (unpaired) electrons. The number of hydrogen-bond acceptors (Lipinski definition) is 7. The fourth-order valence-corrected chi connectivity index (χ4v) is 4.46. The van der Waals surface area contributed by atoms with Gasteiger partial charge < -0.3 is 26.4 Å². The smallest absolute Gasteiger partial charge is 0.252 e. The van der Waals surface area contributed by atoms with Crippen LogP contribution in [-0.4, -0.2) is 42.7 Å². The molecule has 0 unspecified atom stereocenters. The van der Waals surface area contributed by atoms with E-state index in [1.807, 2.05) is 0 Å². The molecule has 6 N–H and O–H groups in total. The second-order valence-corrected chi connectivity index (χ2v) is 9.21. The molecule has 3 aromatic carbocycles. The number of amides is 1. The number of phenolic OH excluding ortho intramolecular Hbond substituents is 1. The van der Waals surface area contributed by atoms with E-state index in [9.17, 15) is 28.5 Å². The van der Waals surface area contributed by atoms with E-state index in [2.05, 4.69) is 5.32 Å². The lowest BCUT2D eigenvalue weighted by molar-refractivity contribution is 0.0997. The third kappa shape index (κ3) is 5.44. The molecule has 3 rings (SSSR count). The monoisotopic (exact) mass is 456 g/mol. The highest BCUT2D eigenvalue weighted by molar-refractivity contribution is 7.91. The standard InChI is InChI=1S/C23H24N2O6S/c24-23(29)20-13-19(8-9-21(20)27)32(30,31)18-6-4-15(5-7-18)10-11-25-14-22(28)16-2-1-3-17(26)12-16/h1-9,12-13,22,25-28H,10-11,14H2,(H2,24,29)/t22-/m0/s1. The van der Waals surface area contributed by atoms with Crippen LogP contribution < -0.4 is 11.1 Å². The Bertz CT molecular complexity index is 1210. The van der Waals surface area contributed by atoms with E-state index in [1.165, 1.54) is 30.3 Å². The Morgan fingerprint density at radius 1 is 0.969 bits per heavy atom. The van der Waals surface area contributed by atoms with E-state index in [1.54, 1.807) is 24.3 Å². The van der Waals surface area contributed by atoms with Crippen molar-refractivity contribution in [3.63, 3.8) is 0 Å². The van der Waals surface area contributed by atoms with Crippen LogP contribution in [0.4, 0.5) is 0 Å². The lowest BCUT2D eigenvalue weighted by atomic mass is 10.1. The summed E-state index contributed by atoms with van der Waals surface area (Å²) < 4.78 is 25.7. The molecule has 168 valence electrons. The average Bonchev–Trinajstić information content (AvgIpc) is 2.77. The summed E-state index contributed by atoms with van der Waals surface area (Å²) in [7, 11) is -3.89. The van der Waals surface area contributed by atoms with Crippen LogP contribution in [0.15, 0.2) is 76.5 Å². The number of phenols is 2. The number of aromatic hydroxyl groups is 2. The molecule has 0 fully saturated rings. The summed E-state index contributed by atoms with van der Waals surface area (Å²) in [5.74, 6) is -1.21. The number of carbonyl (C=O) groups excluding carboxylic acids is 1. The Balaban J connectivity index is 1.60. The van der Waals surface area contributed by atoms with E-state index in [4.69, 9.17) is 5.73 Å². The number of nitrogens with two attached hydrogens (primary N) is 1. The van der Waals surface area contributed by atoms with Crippen LogP contribution in [0.2, 0.25) is 0 Å². The Morgan fingerprint density at radius 2 is 1.66 bits per heavy atom. The summed E-state index contributed by atoms with van der Waals surface area (Å²) in [5.41, 5.74) is 6.42. The molecule has 1 amide bonds. The first kappa shape index (κ1) is 23.3. The first-order valence-corrected chi connectivity index (χ1v) is 11.3. The number of benzene rings is 3. The zero-order chi connectivity index (χ0) is 23.3. The number of hydrogen-bond donors (Lipinski definition) is 5. The van der Waals surface area contributed by atoms with Crippen LogP contribution in [0.1, 0.15) is 27.6 Å². The van der Waals surface area contributed by atoms with Gasteiger partial charge >= 0.3 is 0 Å². The van der Waals surface area contributed by atoms with E-state index in [-0.39, 0.29) is 26.9 Å². The van der Waals surface area contributed by atoms with Gasteiger partial charge in [-0.15, -0.1) is 0 Å². The zero-order valence-electron chi connectivity index (χ0n) is 17.1. The van der Waals surface area contributed by atoms with Gasteiger partial charge in [0.15, 0.2) is 0 Å². The third-order valence-electron chi connectivity index (χ3n) is 4.96. The van der Waals surface area contributed by atoms with Gasteiger partial charge in [0.1, 0.15) is 11.5 Å². The lowest BCUT2D eigenvalue weighted by Crippen LogP contribution is -2.23. The lowest BCUT2D eigenvalue weighted by Gasteiger charge is -2.13. The highest BCUT2D eigenvalue weighted by Crippen LogP contribution is 2.26. The molecular formula is C23H24N2O6S. The van der Waals surface area contributed by atoms with Crippen molar-refractivity contribution in [2.24, 2.45) is 5.73 Å². The van der Waals surface area contributed by atoms with Gasteiger partial charge in [-0.1, -0.05) is 24.3 Å². The molecule has 0 aromatic heterocycles. The summed E-state index contributed by atoms with van der Waals surface area (Å²) in [6, 6.07) is 16.2. The number of sulfone groups is 1. The Morgan fingerprint density at radius 3 is 2.31 bits per heavy atom. The largest absolute Gasteiger partial charge is 0.508 e. The number of primary amides is 1. The van der Waals surface area contributed by atoms with Crippen molar-refractivity contribution in [3.8, 4) is 11.5 Å². The second-order valence-electron chi connectivity index (χ2n) is 7.26. The molecule has 0 aliphatic rings. The van der Waals surface area contributed by atoms with Crippen LogP contribution in [0.5, 0.6) is 11.5 Å². The number of aliphatic hydroxyl groups excluding tert-OH is 1. The SMILES string of the molecule is NC(=O)c1cc(S(=O)(=O)c2ccc(CCNC[C@H](O)c3cccc(O)c3)cc2)ccc1O. The molecule has 0 saturated heterocycles. The van der Waals surface area contributed by atoms with Crippen molar-refractivity contribution >= 4 is 15.7 Å². The molecule has 9 heteroatoms. The summed E-state index contributed by atoms with van der Waals surface area (Å²) in [6.45, 7) is 0.862. The normalized spacial score (nSPS) is 12.4. The molecule has 0 spiro atoms. The molecule has 32 heavy (non-hydrogen) atoms. The Labute approximate surface area is 185 Å². The van der Waals surface area contributed by atoms with Crippen molar-refractivity contribution in [1.29, 1.82) is 0 Å². The number of carbonyl (C=O) groups is 1. The molecular weight excluding hydrogens is 432 g/mol. The van der Waals surface area contributed by atoms with Crippen LogP contribution in [-0.2, 0) is 16.3 Å². The molecule has 0 aliphatic carbocycles. The molecule has 0 bridgehead atoms. The number of nitrogens with one attached hydrogen (secondary N) is 1. The van der Waals surface area contributed by atoms with E-state index < -0.39 is 21.8 Å². The van der Waals surface area contributed by atoms with Gasteiger partial charge in [0, 0.05) is 6.54 Å². The minimum absolute atomic E-state index is 0.0506. The number of rotatable bonds is 9.